The number of hydrogen-bond donors (Lipinski definition) is 1. The average Bonchev–Trinajstić information content (AvgIpc) is 2.72. The maximum Gasteiger partial charge on any atom is 0.203 e. The highest BCUT2D eigenvalue weighted by atomic mass is 16.5. The molecular weight excluding hydrogens is 346 g/mol. The molecule has 146 valence electrons. The van der Waals surface area contributed by atoms with E-state index in [1.807, 2.05) is 12.1 Å². The minimum atomic E-state index is 0.163. The maximum absolute atomic E-state index is 5.49. The first-order chi connectivity index (χ1) is 13.1. The van der Waals surface area contributed by atoms with Gasteiger partial charge in [0.15, 0.2) is 23.0 Å². The summed E-state index contributed by atoms with van der Waals surface area (Å²) in [5, 5.41) is 3.61. The van der Waals surface area contributed by atoms with Crippen LogP contribution in [-0.4, -0.2) is 42.1 Å². The van der Waals surface area contributed by atoms with E-state index in [9.17, 15) is 0 Å². The lowest BCUT2D eigenvalue weighted by atomic mass is 9.89. The quantitative estimate of drug-likeness (QED) is 0.805. The number of ether oxygens (including phenoxy) is 5. The fourth-order valence-electron chi connectivity index (χ4n) is 3.64. The predicted octanol–water partition coefficient (Wildman–Crippen LogP) is 3.16. The van der Waals surface area contributed by atoms with Crippen molar-refractivity contribution in [3.63, 3.8) is 0 Å². The molecular formula is C21H27NO5. The second kappa shape index (κ2) is 8.39. The van der Waals surface area contributed by atoms with E-state index in [-0.39, 0.29) is 6.04 Å². The molecule has 0 spiro atoms. The second-order valence-electron chi connectivity index (χ2n) is 6.40. The first-order valence-electron chi connectivity index (χ1n) is 8.92. The van der Waals surface area contributed by atoms with E-state index in [1.165, 1.54) is 11.1 Å². The molecule has 6 heteroatoms. The molecule has 2 aromatic rings. The van der Waals surface area contributed by atoms with Crippen molar-refractivity contribution in [1.29, 1.82) is 0 Å². The zero-order chi connectivity index (χ0) is 19.4. The van der Waals surface area contributed by atoms with Crippen LogP contribution in [0.1, 0.15) is 22.7 Å². The van der Waals surface area contributed by atoms with Crippen molar-refractivity contribution >= 4 is 0 Å². The van der Waals surface area contributed by atoms with E-state index in [0.717, 1.165) is 36.4 Å². The van der Waals surface area contributed by atoms with Crippen molar-refractivity contribution < 1.29 is 23.7 Å². The Morgan fingerprint density at radius 2 is 1.37 bits per heavy atom. The summed E-state index contributed by atoms with van der Waals surface area (Å²) in [4.78, 5) is 0. The van der Waals surface area contributed by atoms with Crippen LogP contribution < -0.4 is 29.0 Å². The van der Waals surface area contributed by atoms with Crippen LogP contribution in [-0.2, 0) is 12.8 Å². The van der Waals surface area contributed by atoms with Gasteiger partial charge in [-0.3, -0.25) is 0 Å². The van der Waals surface area contributed by atoms with Gasteiger partial charge in [-0.25, -0.2) is 0 Å². The fourth-order valence-corrected chi connectivity index (χ4v) is 3.64. The second-order valence-corrected chi connectivity index (χ2v) is 6.40. The predicted molar refractivity (Wildman–Crippen MR) is 104 cm³/mol. The zero-order valence-electron chi connectivity index (χ0n) is 16.5. The molecule has 0 aliphatic carbocycles. The maximum atomic E-state index is 5.49. The van der Waals surface area contributed by atoms with Crippen molar-refractivity contribution in [3.8, 4) is 28.7 Å². The Hall–Kier alpha value is -2.60. The van der Waals surface area contributed by atoms with Gasteiger partial charge in [0.2, 0.25) is 5.75 Å². The monoisotopic (exact) mass is 373 g/mol. The number of nitrogens with one attached hydrogen (secondary N) is 1. The summed E-state index contributed by atoms with van der Waals surface area (Å²) in [6, 6.07) is 8.31. The van der Waals surface area contributed by atoms with Crippen LogP contribution in [0.5, 0.6) is 28.7 Å². The summed E-state index contributed by atoms with van der Waals surface area (Å²) < 4.78 is 27.3. The Morgan fingerprint density at radius 1 is 0.778 bits per heavy atom. The van der Waals surface area contributed by atoms with Gasteiger partial charge in [0.25, 0.3) is 0 Å². The Kier molecular flexibility index (Phi) is 5.96. The fraction of sp³-hybridized carbons (Fsp3) is 0.429. The number of hydrogen-bond acceptors (Lipinski definition) is 6. The Morgan fingerprint density at radius 3 is 1.93 bits per heavy atom. The van der Waals surface area contributed by atoms with Crippen LogP contribution in [0.3, 0.4) is 0 Å². The normalized spacial score (nSPS) is 15.7. The molecule has 1 N–H and O–H groups in total. The molecule has 2 aromatic carbocycles. The Bertz CT molecular complexity index is 780. The molecule has 1 unspecified atom stereocenters. The van der Waals surface area contributed by atoms with Crippen LogP contribution in [0, 0.1) is 0 Å². The number of rotatable bonds is 7. The molecule has 0 saturated heterocycles. The Balaban J connectivity index is 1.96. The summed E-state index contributed by atoms with van der Waals surface area (Å²) in [7, 11) is 8.20. The lowest BCUT2D eigenvalue weighted by molar-refractivity contribution is 0.323. The highest BCUT2D eigenvalue weighted by molar-refractivity contribution is 5.55. The van der Waals surface area contributed by atoms with E-state index in [0.29, 0.717) is 17.2 Å². The third-order valence-corrected chi connectivity index (χ3v) is 4.97. The van der Waals surface area contributed by atoms with Gasteiger partial charge in [0, 0.05) is 6.04 Å². The highest BCUT2D eigenvalue weighted by Crippen LogP contribution is 2.40. The van der Waals surface area contributed by atoms with E-state index < -0.39 is 0 Å². The van der Waals surface area contributed by atoms with E-state index in [2.05, 4.69) is 17.4 Å². The SMILES string of the molecule is COc1cc2c(cc1OC)C(Cc1cc(OC)c(OC)c(OC)c1)NCC2. The lowest BCUT2D eigenvalue weighted by Crippen LogP contribution is -2.31. The summed E-state index contributed by atoms with van der Waals surface area (Å²) >= 11 is 0. The number of methoxy groups -OCH3 is 5. The minimum Gasteiger partial charge on any atom is -0.493 e. The molecule has 27 heavy (non-hydrogen) atoms. The molecule has 1 heterocycles. The van der Waals surface area contributed by atoms with E-state index in [1.54, 1.807) is 35.5 Å². The molecule has 1 aliphatic heterocycles. The molecule has 0 fully saturated rings. The molecule has 1 atom stereocenters. The van der Waals surface area contributed by atoms with Crippen LogP contribution in [0.15, 0.2) is 24.3 Å². The minimum absolute atomic E-state index is 0.163. The van der Waals surface area contributed by atoms with Gasteiger partial charge in [-0.05, 0) is 60.3 Å². The molecule has 0 radical (unpaired) electrons. The largest absolute Gasteiger partial charge is 0.493 e. The molecule has 1 aliphatic rings. The van der Waals surface area contributed by atoms with Crippen molar-refractivity contribution in [1.82, 2.24) is 5.32 Å². The van der Waals surface area contributed by atoms with Gasteiger partial charge in [-0.2, -0.15) is 0 Å². The molecule has 3 rings (SSSR count). The Labute approximate surface area is 160 Å². The zero-order valence-corrected chi connectivity index (χ0v) is 16.5. The van der Waals surface area contributed by atoms with Crippen molar-refractivity contribution in [3.05, 3.63) is 41.0 Å². The number of benzene rings is 2. The lowest BCUT2D eigenvalue weighted by Gasteiger charge is -2.28. The molecule has 0 amide bonds. The molecule has 0 saturated carbocycles. The van der Waals surface area contributed by atoms with Crippen LogP contribution in [0.25, 0.3) is 0 Å². The highest BCUT2D eigenvalue weighted by Gasteiger charge is 2.24. The third-order valence-electron chi connectivity index (χ3n) is 4.97. The van der Waals surface area contributed by atoms with Gasteiger partial charge in [0.05, 0.1) is 35.5 Å². The van der Waals surface area contributed by atoms with Crippen molar-refractivity contribution in [2.45, 2.75) is 18.9 Å². The average molecular weight is 373 g/mol. The van der Waals surface area contributed by atoms with E-state index in [4.69, 9.17) is 23.7 Å². The van der Waals surface area contributed by atoms with Gasteiger partial charge < -0.3 is 29.0 Å². The van der Waals surface area contributed by atoms with Crippen LogP contribution in [0.2, 0.25) is 0 Å². The van der Waals surface area contributed by atoms with E-state index >= 15 is 0 Å². The first kappa shape index (κ1) is 19.2. The summed E-state index contributed by atoms with van der Waals surface area (Å²) in [6.45, 7) is 0.914. The van der Waals surface area contributed by atoms with Crippen LogP contribution >= 0.6 is 0 Å². The molecule has 6 nitrogen and oxygen atoms in total. The van der Waals surface area contributed by atoms with Crippen LogP contribution in [0.4, 0.5) is 0 Å². The van der Waals surface area contributed by atoms with Crippen molar-refractivity contribution in [2.24, 2.45) is 0 Å². The summed E-state index contributed by atoms with van der Waals surface area (Å²) in [5.74, 6) is 3.44. The van der Waals surface area contributed by atoms with Gasteiger partial charge in [-0.1, -0.05) is 0 Å². The van der Waals surface area contributed by atoms with Gasteiger partial charge in [0.1, 0.15) is 0 Å². The van der Waals surface area contributed by atoms with Crippen molar-refractivity contribution in [2.75, 3.05) is 42.1 Å². The smallest absolute Gasteiger partial charge is 0.203 e. The topological polar surface area (TPSA) is 58.2 Å². The first-order valence-corrected chi connectivity index (χ1v) is 8.92. The standard InChI is InChI=1S/C21H27NO5/c1-23-17-11-14-6-7-22-16(15(14)12-18(17)24-2)8-13-9-19(25-3)21(27-5)20(10-13)26-4/h9-12,16,22H,6-8H2,1-5H3. The molecule has 0 bridgehead atoms. The summed E-state index contributed by atoms with van der Waals surface area (Å²) in [5.41, 5.74) is 3.61. The third kappa shape index (κ3) is 3.76. The number of fused-ring (bicyclic) bond motifs is 1. The van der Waals surface area contributed by atoms with Gasteiger partial charge in [-0.15, -0.1) is 0 Å². The molecule has 0 aromatic heterocycles. The van der Waals surface area contributed by atoms with Gasteiger partial charge >= 0.3 is 0 Å². The summed E-state index contributed by atoms with van der Waals surface area (Å²) in [6.07, 6.45) is 1.75.